The van der Waals surface area contributed by atoms with Crippen molar-refractivity contribution in [1.82, 2.24) is 16.0 Å². The van der Waals surface area contributed by atoms with Gasteiger partial charge in [0.15, 0.2) is 5.78 Å². The summed E-state index contributed by atoms with van der Waals surface area (Å²) in [5.41, 5.74) is 3.19. The quantitative estimate of drug-likeness (QED) is 0.639. The molecule has 3 N–H and O–H groups in total. The minimum Gasteiger partial charge on any atom is -0.346 e. The van der Waals surface area contributed by atoms with Crippen molar-refractivity contribution in [2.75, 3.05) is 13.1 Å². The van der Waals surface area contributed by atoms with E-state index >= 15 is 0 Å². The minimum atomic E-state index is -0.619. The molecule has 152 valence electrons. The molecule has 1 aliphatic rings. The van der Waals surface area contributed by atoms with Gasteiger partial charge in [-0.1, -0.05) is 54.6 Å². The highest BCUT2D eigenvalue weighted by atomic mass is 16.2. The molecular weight excluding hydrogens is 366 g/mol. The Labute approximate surface area is 171 Å². The fourth-order valence-corrected chi connectivity index (χ4v) is 3.44. The summed E-state index contributed by atoms with van der Waals surface area (Å²) in [6.45, 7) is 2.15. The predicted octanol–water partition coefficient (Wildman–Crippen LogP) is 1.84. The van der Waals surface area contributed by atoms with Gasteiger partial charge in [0.05, 0.1) is 18.6 Å². The zero-order valence-electron chi connectivity index (χ0n) is 16.6. The molecule has 0 radical (unpaired) electrons. The Bertz CT molecular complexity index is 843. The van der Waals surface area contributed by atoms with Crippen molar-refractivity contribution in [3.63, 3.8) is 0 Å². The van der Waals surface area contributed by atoms with Crippen LogP contribution in [0.3, 0.4) is 0 Å². The molecule has 0 aliphatic carbocycles. The van der Waals surface area contributed by atoms with E-state index in [-0.39, 0.29) is 30.2 Å². The number of rotatable bonds is 8. The molecule has 0 saturated carbocycles. The summed E-state index contributed by atoms with van der Waals surface area (Å²) in [7, 11) is 0. The molecule has 2 atom stereocenters. The van der Waals surface area contributed by atoms with Crippen molar-refractivity contribution in [2.45, 2.75) is 38.3 Å². The third-order valence-corrected chi connectivity index (χ3v) is 5.13. The molecule has 0 bridgehead atoms. The summed E-state index contributed by atoms with van der Waals surface area (Å²) < 4.78 is 0. The van der Waals surface area contributed by atoms with Crippen LogP contribution in [0.2, 0.25) is 0 Å². The van der Waals surface area contributed by atoms with Crippen molar-refractivity contribution in [3.8, 4) is 11.1 Å². The molecule has 0 spiro atoms. The minimum absolute atomic E-state index is 0.116. The van der Waals surface area contributed by atoms with Crippen molar-refractivity contribution in [1.29, 1.82) is 0 Å². The number of hydrogen-bond acceptors (Lipinski definition) is 4. The number of amides is 2. The van der Waals surface area contributed by atoms with Crippen molar-refractivity contribution in [2.24, 2.45) is 0 Å². The lowest BCUT2D eigenvalue weighted by Crippen LogP contribution is -2.48. The van der Waals surface area contributed by atoms with Gasteiger partial charge in [0.2, 0.25) is 11.8 Å². The topological polar surface area (TPSA) is 87.3 Å². The fourth-order valence-electron chi connectivity index (χ4n) is 3.44. The molecule has 2 aromatic carbocycles. The van der Waals surface area contributed by atoms with E-state index in [9.17, 15) is 14.4 Å². The molecule has 0 unspecified atom stereocenters. The molecule has 1 aliphatic heterocycles. The average molecular weight is 393 g/mol. The first kappa shape index (κ1) is 20.7. The summed E-state index contributed by atoms with van der Waals surface area (Å²) in [6, 6.07) is 17.2. The number of carbonyl (C=O) groups is 3. The first-order valence-corrected chi connectivity index (χ1v) is 9.98. The summed E-state index contributed by atoms with van der Waals surface area (Å²) in [6.07, 6.45) is 2.15. The second-order valence-corrected chi connectivity index (χ2v) is 7.36. The van der Waals surface area contributed by atoms with E-state index < -0.39 is 6.04 Å². The molecule has 29 heavy (non-hydrogen) atoms. The van der Waals surface area contributed by atoms with Crippen LogP contribution in [-0.2, 0) is 20.8 Å². The van der Waals surface area contributed by atoms with Crippen molar-refractivity contribution >= 4 is 17.6 Å². The van der Waals surface area contributed by atoms with Gasteiger partial charge in [0.25, 0.3) is 0 Å². The highest BCUT2D eigenvalue weighted by Gasteiger charge is 2.23. The van der Waals surface area contributed by atoms with E-state index in [2.05, 4.69) is 16.0 Å². The molecule has 6 nitrogen and oxygen atoms in total. The Morgan fingerprint density at radius 3 is 2.34 bits per heavy atom. The lowest BCUT2D eigenvalue weighted by Gasteiger charge is -2.17. The molecule has 1 heterocycles. The summed E-state index contributed by atoms with van der Waals surface area (Å²) in [4.78, 5) is 36.2. The molecule has 1 fully saturated rings. The normalized spacial score (nSPS) is 16.8. The number of hydrogen-bond donors (Lipinski definition) is 3. The summed E-state index contributed by atoms with van der Waals surface area (Å²) in [5.74, 6) is -0.653. The van der Waals surface area contributed by atoms with E-state index in [1.165, 1.54) is 6.92 Å². The van der Waals surface area contributed by atoms with Gasteiger partial charge in [0.1, 0.15) is 0 Å². The Morgan fingerprint density at radius 2 is 1.72 bits per heavy atom. The van der Waals surface area contributed by atoms with Crippen LogP contribution < -0.4 is 16.0 Å². The number of nitrogens with one attached hydrogen (secondary N) is 3. The Morgan fingerprint density at radius 1 is 1.03 bits per heavy atom. The van der Waals surface area contributed by atoms with Gasteiger partial charge in [-0.3, -0.25) is 14.4 Å². The maximum atomic E-state index is 12.2. The number of ketones is 1. The second kappa shape index (κ2) is 9.98. The Kier molecular flexibility index (Phi) is 7.14. The zero-order chi connectivity index (χ0) is 20.6. The van der Waals surface area contributed by atoms with Gasteiger partial charge < -0.3 is 16.0 Å². The third-order valence-electron chi connectivity index (χ3n) is 5.13. The van der Waals surface area contributed by atoms with Crippen LogP contribution >= 0.6 is 0 Å². The van der Waals surface area contributed by atoms with Crippen molar-refractivity contribution in [3.05, 3.63) is 60.2 Å². The van der Waals surface area contributed by atoms with Crippen molar-refractivity contribution < 1.29 is 14.4 Å². The lowest BCUT2D eigenvalue weighted by molar-refractivity contribution is -0.129. The standard InChI is InChI=1S/C23H27N3O3/c1-16(27)21(26-22(28)15-25-23(29)20-8-5-13-24-20)14-17-9-11-19(12-10-17)18-6-3-2-4-7-18/h2-4,6-7,9-12,20-21,24H,5,8,13-15H2,1H3,(H,25,29)(H,26,28)/t20-,21+/m0/s1. The maximum Gasteiger partial charge on any atom is 0.239 e. The van der Waals surface area contributed by atoms with E-state index in [1.807, 2.05) is 54.6 Å². The van der Waals surface area contributed by atoms with E-state index in [0.717, 1.165) is 36.1 Å². The first-order valence-electron chi connectivity index (χ1n) is 9.98. The van der Waals surface area contributed by atoms with E-state index in [0.29, 0.717) is 6.42 Å². The Hall–Kier alpha value is -2.99. The largest absolute Gasteiger partial charge is 0.346 e. The number of carbonyl (C=O) groups excluding carboxylic acids is 3. The van der Waals surface area contributed by atoms with Crippen LogP contribution in [0.5, 0.6) is 0 Å². The van der Waals surface area contributed by atoms with E-state index in [4.69, 9.17) is 0 Å². The van der Waals surface area contributed by atoms with Crippen LogP contribution in [0.4, 0.5) is 0 Å². The van der Waals surface area contributed by atoms with Gasteiger partial charge in [-0.15, -0.1) is 0 Å². The van der Waals surface area contributed by atoms with Crippen LogP contribution in [0.15, 0.2) is 54.6 Å². The lowest BCUT2D eigenvalue weighted by atomic mass is 9.99. The molecule has 6 heteroatoms. The zero-order valence-corrected chi connectivity index (χ0v) is 16.6. The summed E-state index contributed by atoms with van der Waals surface area (Å²) >= 11 is 0. The number of benzene rings is 2. The van der Waals surface area contributed by atoms with Crippen LogP contribution in [0, 0.1) is 0 Å². The number of Topliss-reactive ketones (excluding diaryl/α,β-unsaturated/α-hetero) is 1. The van der Waals surface area contributed by atoms with Gasteiger partial charge in [0, 0.05) is 0 Å². The summed E-state index contributed by atoms with van der Waals surface area (Å²) in [5, 5.41) is 8.46. The van der Waals surface area contributed by atoms with Gasteiger partial charge in [-0.2, -0.15) is 0 Å². The SMILES string of the molecule is CC(=O)[C@@H](Cc1ccc(-c2ccccc2)cc1)NC(=O)CNC(=O)[C@@H]1CCCN1. The molecule has 2 amide bonds. The Balaban J connectivity index is 1.53. The van der Waals surface area contributed by atoms with Gasteiger partial charge in [-0.05, 0) is 49.4 Å². The molecule has 3 rings (SSSR count). The molecule has 1 saturated heterocycles. The predicted molar refractivity (Wildman–Crippen MR) is 112 cm³/mol. The average Bonchev–Trinajstić information content (AvgIpc) is 3.28. The van der Waals surface area contributed by atoms with Crippen LogP contribution in [-0.4, -0.2) is 42.8 Å². The first-order chi connectivity index (χ1) is 14.0. The molecular formula is C23H27N3O3. The molecule has 2 aromatic rings. The van der Waals surface area contributed by atoms with Crippen LogP contribution in [0.25, 0.3) is 11.1 Å². The second-order valence-electron chi connectivity index (χ2n) is 7.36. The van der Waals surface area contributed by atoms with Gasteiger partial charge >= 0.3 is 0 Å². The maximum absolute atomic E-state index is 12.2. The highest BCUT2D eigenvalue weighted by Crippen LogP contribution is 2.19. The van der Waals surface area contributed by atoms with Gasteiger partial charge in [-0.25, -0.2) is 0 Å². The fraction of sp³-hybridized carbons (Fsp3) is 0.348. The highest BCUT2D eigenvalue weighted by molar-refractivity contribution is 5.91. The third kappa shape index (κ3) is 5.99. The smallest absolute Gasteiger partial charge is 0.239 e. The molecule has 0 aromatic heterocycles. The van der Waals surface area contributed by atoms with E-state index in [1.54, 1.807) is 0 Å². The monoisotopic (exact) mass is 393 g/mol. The van der Waals surface area contributed by atoms with Crippen LogP contribution in [0.1, 0.15) is 25.3 Å².